The van der Waals surface area contributed by atoms with Crippen LogP contribution in [-0.4, -0.2) is 9.97 Å². The average Bonchev–Trinajstić information content (AvgIpc) is 2.71. The van der Waals surface area contributed by atoms with E-state index in [1.807, 2.05) is 13.0 Å². The summed E-state index contributed by atoms with van der Waals surface area (Å²) in [7, 11) is 0. The fraction of sp³-hybridized carbons (Fsp3) is 0.214. The van der Waals surface area contributed by atoms with E-state index in [0.717, 1.165) is 17.0 Å². The van der Waals surface area contributed by atoms with Crippen molar-refractivity contribution in [1.29, 1.82) is 0 Å². The summed E-state index contributed by atoms with van der Waals surface area (Å²) < 4.78 is 39.0. The Hall–Kier alpha value is -1.75. The first-order valence-corrected chi connectivity index (χ1v) is 6.31. The van der Waals surface area contributed by atoms with Crippen molar-refractivity contribution in [2.45, 2.75) is 20.0 Å². The van der Waals surface area contributed by atoms with Gasteiger partial charge in [-0.25, -0.2) is 4.98 Å². The lowest BCUT2D eigenvalue weighted by Crippen LogP contribution is -2.07. The van der Waals surface area contributed by atoms with Crippen molar-refractivity contribution < 1.29 is 13.2 Å². The Bertz CT molecular complexity index is 834. The van der Waals surface area contributed by atoms with Crippen LogP contribution in [0.3, 0.4) is 0 Å². The number of alkyl halides is 3. The van der Waals surface area contributed by atoms with Crippen LogP contribution in [0.25, 0.3) is 21.9 Å². The Morgan fingerprint density at radius 1 is 1.20 bits per heavy atom. The van der Waals surface area contributed by atoms with Crippen molar-refractivity contribution in [2.75, 3.05) is 0 Å². The molecule has 1 aromatic carbocycles. The largest absolute Gasteiger partial charge is 0.416 e. The zero-order valence-corrected chi connectivity index (χ0v) is 11.4. The first-order chi connectivity index (χ1) is 9.29. The highest BCUT2D eigenvalue weighted by atomic mass is 35.5. The third kappa shape index (κ3) is 1.85. The van der Waals surface area contributed by atoms with Gasteiger partial charge in [-0.15, -0.1) is 0 Å². The quantitative estimate of drug-likeness (QED) is 0.621. The minimum absolute atomic E-state index is 0.0802. The molecule has 0 saturated carbocycles. The van der Waals surface area contributed by atoms with Crippen molar-refractivity contribution in [3.63, 3.8) is 0 Å². The van der Waals surface area contributed by atoms with Crippen LogP contribution in [0.4, 0.5) is 13.2 Å². The first-order valence-electron chi connectivity index (χ1n) is 5.93. The second kappa shape index (κ2) is 4.12. The molecule has 0 aliphatic heterocycles. The summed E-state index contributed by atoms with van der Waals surface area (Å²) in [6.45, 7) is 3.31. The zero-order valence-electron chi connectivity index (χ0n) is 10.7. The second-order valence-electron chi connectivity index (χ2n) is 4.81. The van der Waals surface area contributed by atoms with Crippen molar-refractivity contribution in [3.8, 4) is 0 Å². The summed E-state index contributed by atoms with van der Waals surface area (Å²) >= 11 is 6.07. The number of hydrogen-bond donors (Lipinski definition) is 1. The van der Waals surface area contributed by atoms with Gasteiger partial charge in [0.2, 0.25) is 0 Å². The van der Waals surface area contributed by atoms with E-state index in [1.165, 1.54) is 6.92 Å². The summed E-state index contributed by atoms with van der Waals surface area (Å²) in [5.74, 6) is 0. The molecule has 0 fully saturated rings. The van der Waals surface area contributed by atoms with Gasteiger partial charge in [0.15, 0.2) is 0 Å². The van der Waals surface area contributed by atoms with E-state index >= 15 is 0 Å². The molecule has 2 heterocycles. The van der Waals surface area contributed by atoms with Crippen LogP contribution < -0.4 is 0 Å². The minimum atomic E-state index is -4.43. The monoisotopic (exact) mass is 298 g/mol. The highest BCUT2D eigenvalue weighted by Crippen LogP contribution is 2.40. The van der Waals surface area contributed by atoms with Crippen LogP contribution in [0.5, 0.6) is 0 Å². The van der Waals surface area contributed by atoms with Gasteiger partial charge in [0.1, 0.15) is 5.65 Å². The molecule has 0 bridgehead atoms. The molecular weight excluding hydrogens is 289 g/mol. The third-order valence-electron chi connectivity index (χ3n) is 3.38. The maximum absolute atomic E-state index is 13.0. The molecule has 0 radical (unpaired) electrons. The Kier molecular flexibility index (Phi) is 2.73. The van der Waals surface area contributed by atoms with Crippen LogP contribution in [0.1, 0.15) is 16.7 Å². The second-order valence-corrected chi connectivity index (χ2v) is 5.22. The normalized spacial score (nSPS) is 12.5. The van der Waals surface area contributed by atoms with Gasteiger partial charge in [-0.05, 0) is 37.1 Å². The number of pyridine rings is 1. The third-order valence-corrected chi connectivity index (χ3v) is 3.68. The molecule has 2 nitrogen and oxygen atoms in total. The number of rotatable bonds is 0. The number of aryl methyl sites for hydroxylation is 2. The number of H-pyrrole nitrogens is 1. The van der Waals surface area contributed by atoms with E-state index in [2.05, 4.69) is 9.97 Å². The summed E-state index contributed by atoms with van der Waals surface area (Å²) in [6, 6.07) is 2.84. The van der Waals surface area contributed by atoms with Crippen molar-refractivity contribution in [2.24, 2.45) is 0 Å². The van der Waals surface area contributed by atoms with Crippen molar-refractivity contribution in [1.82, 2.24) is 9.97 Å². The average molecular weight is 299 g/mol. The van der Waals surface area contributed by atoms with Crippen LogP contribution in [-0.2, 0) is 6.18 Å². The maximum atomic E-state index is 13.0. The van der Waals surface area contributed by atoms with E-state index in [0.29, 0.717) is 16.6 Å². The van der Waals surface area contributed by atoms with Gasteiger partial charge >= 0.3 is 6.18 Å². The van der Waals surface area contributed by atoms with Crippen LogP contribution in [0, 0.1) is 13.8 Å². The van der Waals surface area contributed by atoms with Gasteiger partial charge in [0.25, 0.3) is 0 Å². The van der Waals surface area contributed by atoms with Gasteiger partial charge in [0, 0.05) is 17.0 Å². The van der Waals surface area contributed by atoms with Gasteiger partial charge in [0.05, 0.1) is 16.1 Å². The lowest BCUT2D eigenvalue weighted by molar-refractivity contribution is -0.137. The van der Waals surface area contributed by atoms with E-state index in [4.69, 9.17) is 11.6 Å². The van der Waals surface area contributed by atoms with Crippen molar-refractivity contribution >= 4 is 33.5 Å². The lowest BCUT2D eigenvalue weighted by atomic mass is 10.0. The predicted molar refractivity (Wildman–Crippen MR) is 73.1 cm³/mol. The summed E-state index contributed by atoms with van der Waals surface area (Å²) in [5.41, 5.74) is 1.26. The molecule has 0 spiro atoms. The van der Waals surface area contributed by atoms with Crippen molar-refractivity contribution in [3.05, 3.63) is 40.0 Å². The fourth-order valence-electron chi connectivity index (χ4n) is 2.44. The number of hydrogen-bond acceptors (Lipinski definition) is 1. The van der Waals surface area contributed by atoms with Crippen LogP contribution >= 0.6 is 11.6 Å². The molecule has 0 aliphatic rings. The van der Waals surface area contributed by atoms with Gasteiger partial charge in [-0.2, -0.15) is 13.2 Å². The number of aromatic nitrogens is 2. The van der Waals surface area contributed by atoms with Gasteiger partial charge < -0.3 is 4.98 Å². The molecule has 104 valence electrons. The van der Waals surface area contributed by atoms with Crippen LogP contribution in [0.15, 0.2) is 18.3 Å². The van der Waals surface area contributed by atoms with Crippen LogP contribution in [0.2, 0.25) is 5.02 Å². The van der Waals surface area contributed by atoms with E-state index in [-0.39, 0.29) is 10.6 Å². The molecule has 0 aliphatic carbocycles. The van der Waals surface area contributed by atoms with E-state index in [9.17, 15) is 13.2 Å². The molecule has 2 aromatic heterocycles. The smallest absolute Gasteiger partial charge is 0.339 e. The summed E-state index contributed by atoms with van der Waals surface area (Å²) in [6.07, 6.45) is -2.77. The highest BCUT2D eigenvalue weighted by Gasteiger charge is 2.34. The van der Waals surface area contributed by atoms with Gasteiger partial charge in [-0.1, -0.05) is 11.6 Å². The lowest BCUT2D eigenvalue weighted by Gasteiger charge is -2.11. The molecule has 0 atom stereocenters. The summed E-state index contributed by atoms with van der Waals surface area (Å²) in [4.78, 5) is 7.13. The highest BCUT2D eigenvalue weighted by molar-refractivity contribution is 6.38. The molecule has 3 rings (SSSR count). The Morgan fingerprint density at radius 3 is 2.55 bits per heavy atom. The SMILES string of the molecule is Cc1cnc2[nH]c3c(C)c(C(F)(F)F)cc(Cl)c3c2c1. The fourth-order valence-corrected chi connectivity index (χ4v) is 2.75. The Balaban J connectivity index is 2.50. The minimum Gasteiger partial charge on any atom is -0.339 e. The number of nitrogens with zero attached hydrogens (tertiary/aromatic N) is 1. The standard InChI is InChI=1S/C14H10ClF3N2/c1-6-3-8-11-10(15)4-9(14(16,17)18)7(2)12(11)20-13(8)19-5-6/h3-5H,1-2H3,(H,19,20). The first kappa shape index (κ1) is 13.2. The number of aromatic amines is 1. The molecule has 0 amide bonds. The number of halogens is 4. The number of fused-ring (bicyclic) bond motifs is 3. The van der Waals surface area contributed by atoms with E-state index < -0.39 is 11.7 Å². The number of nitrogens with one attached hydrogen (secondary N) is 1. The number of benzene rings is 1. The molecule has 0 saturated heterocycles. The molecule has 1 N–H and O–H groups in total. The maximum Gasteiger partial charge on any atom is 0.416 e. The molecule has 20 heavy (non-hydrogen) atoms. The summed E-state index contributed by atoms with van der Waals surface area (Å²) in [5, 5.41) is 1.40. The van der Waals surface area contributed by atoms with E-state index in [1.54, 1.807) is 6.20 Å². The molecule has 3 aromatic rings. The topological polar surface area (TPSA) is 28.7 Å². The van der Waals surface area contributed by atoms with Gasteiger partial charge in [-0.3, -0.25) is 0 Å². The molecular formula is C14H10ClF3N2. The predicted octanol–water partition coefficient (Wildman–Crippen LogP) is 5.01. The Labute approximate surface area is 117 Å². The zero-order chi connectivity index (χ0) is 14.7. The molecule has 0 unspecified atom stereocenters. The molecule has 6 heteroatoms. The Morgan fingerprint density at radius 2 is 1.90 bits per heavy atom.